The van der Waals surface area contributed by atoms with Crippen molar-refractivity contribution in [3.05, 3.63) is 60.4 Å². The van der Waals surface area contributed by atoms with E-state index in [1.807, 2.05) is 12.4 Å². The van der Waals surface area contributed by atoms with Crippen LogP contribution in [0.25, 0.3) is 11.0 Å². The van der Waals surface area contributed by atoms with Crippen molar-refractivity contribution in [3.63, 3.8) is 0 Å². The van der Waals surface area contributed by atoms with Crippen molar-refractivity contribution in [2.24, 2.45) is 0 Å². The van der Waals surface area contributed by atoms with E-state index in [0.717, 1.165) is 25.3 Å². The van der Waals surface area contributed by atoms with Gasteiger partial charge in [0.2, 0.25) is 0 Å². The Bertz CT molecular complexity index is 750. The first-order chi connectivity index (χ1) is 10.9. The number of fused-ring (bicyclic) bond motifs is 1. The number of pyridine rings is 1. The van der Waals surface area contributed by atoms with Gasteiger partial charge in [0.25, 0.3) is 0 Å². The number of hydrogen-bond donors (Lipinski definition) is 2. The fourth-order valence-electron chi connectivity index (χ4n) is 3.24. The monoisotopic (exact) mass is 292 g/mol. The highest BCUT2D eigenvalue weighted by Gasteiger charge is 2.22. The predicted molar refractivity (Wildman–Crippen MR) is 89.8 cm³/mol. The Labute approximate surface area is 130 Å². The Hall–Kier alpha value is -2.33. The lowest BCUT2D eigenvalue weighted by molar-refractivity contribution is 0.328. The van der Waals surface area contributed by atoms with E-state index >= 15 is 0 Å². The smallest absolute Gasteiger partial charge is 0.139 e. The Morgan fingerprint density at radius 3 is 3.00 bits per heavy atom. The molecule has 0 amide bonds. The van der Waals surface area contributed by atoms with E-state index in [2.05, 4.69) is 62.6 Å². The molecule has 2 aromatic heterocycles. The van der Waals surface area contributed by atoms with Gasteiger partial charge in [-0.25, -0.2) is 4.98 Å². The van der Waals surface area contributed by atoms with E-state index in [1.165, 1.54) is 23.1 Å². The zero-order valence-electron chi connectivity index (χ0n) is 12.5. The molecule has 1 aliphatic rings. The van der Waals surface area contributed by atoms with E-state index in [-0.39, 0.29) is 0 Å². The summed E-state index contributed by atoms with van der Waals surface area (Å²) in [6.07, 6.45) is 4.98. The largest absolute Gasteiger partial charge is 0.380 e. The van der Waals surface area contributed by atoms with Gasteiger partial charge in [-0.2, -0.15) is 0 Å². The maximum Gasteiger partial charge on any atom is 0.139 e. The summed E-state index contributed by atoms with van der Waals surface area (Å²) in [5.74, 6) is 0. The minimum absolute atomic E-state index is 0.504. The fourth-order valence-corrected chi connectivity index (χ4v) is 3.24. The van der Waals surface area contributed by atoms with Crippen molar-refractivity contribution in [1.82, 2.24) is 14.9 Å². The quantitative estimate of drug-likeness (QED) is 0.776. The van der Waals surface area contributed by atoms with Gasteiger partial charge in [0.1, 0.15) is 5.65 Å². The zero-order valence-corrected chi connectivity index (χ0v) is 12.5. The third-order valence-electron chi connectivity index (χ3n) is 4.34. The lowest BCUT2D eigenvalue weighted by atomic mass is 10.2. The molecular weight excluding hydrogens is 272 g/mol. The second-order valence-electron chi connectivity index (χ2n) is 5.95. The zero-order chi connectivity index (χ0) is 14.8. The van der Waals surface area contributed by atoms with Crippen LogP contribution in [0.2, 0.25) is 0 Å². The predicted octanol–water partition coefficient (Wildman–Crippen LogP) is 3.25. The van der Waals surface area contributed by atoms with E-state index in [1.54, 1.807) is 0 Å². The summed E-state index contributed by atoms with van der Waals surface area (Å²) in [5.41, 5.74) is 3.52. The normalized spacial score (nSPS) is 18.8. The van der Waals surface area contributed by atoms with Gasteiger partial charge in [-0.05, 0) is 24.1 Å². The molecular formula is C18H20N4. The van der Waals surface area contributed by atoms with Gasteiger partial charge >= 0.3 is 0 Å². The molecule has 0 aliphatic carbocycles. The Kier molecular flexibility index (Phi) is 3.52. The number of H-pyrrole nitrogens is 1. The third-order valence-corrected chi connectivity index (χ3v) is 4.34. The van der Waals surface area contributed by atoms with Crippen LogP contribution in [0.15, 0.2) is 54.9 Å². The average Bonchev–Trinajstić information content (AvgIpc) is 3.18. The summed E-state index contributed by atoms with van der Waals surface area (Å²) >= 11 is 0. The second kappa shape index (κ2) is 5.81. The molecule has 0 bridgehead atoms. The van der Waals surface area contributed by atoms with E-state index < -0.39 is 0 Å². The van der Waals surface area contributed by atoms with Crippen molar-refractivity contribution in [2.45, 2.75) is 19.0 Å². The van der Waals surface area contributed by atoms with Crippen molar-refractivity contribution in [2.75, 3.05) is 18.4 Å². The van der Waals surface area contributed by atoms with Crippen LogP contribution in [0.4, 0.5) is 5.69 Å². The standard InChI is InChI=1S/C18H20N4/c1-2-4-14(5-3-1)12-22-11-8-15(13-22)21-17-7-10-20-18-16(17)6-9-19-18/h1-7,9-10,15H,8,11-13H2,(H2,19,20,21). The van der Waals surface area contributed by atoms with E-state index in [9.17, 15) is 0 Å². The Morgan fingerprint density at radius 2 is 2.09 bits per heavy atom. The van der Waals surface area contributed by atoms with Crippen molar-refractivity contribution in [1.29, 1.82) is 0 Å². The first-order valence-corrected chi connectivity index (χ1v) is 7.83. The molecule has 3 heterocycles. The topological polar surface area (TPSA) is 44.0 Å². The highest BCUT2D eigenvalue weighted by molar-refractivity contribution is 5.89. The van der Waals surface area contributed by atoms with Crippen LogP contribution < -0.4 is 5.32 Å². The van der Waals surface area contributed by atoms with Crippen LogP contribution in [-0.4, -0.2) is 34.0 Å². The summed E-state index contributed by atoms with van der Waals surface area (Å²) in [5, 5.41) is 4.85. The maximum atomic E-state index is 4.34. The minimum Gasteiger partial charge on any atom is -0.380 e. The van der Waals surface area contributed by atoms with Crippen LogP contribution in [0.1, 0.15) is 12.0 Å². The summed E-state index contributed by atoms with van der Waals surface area (Å²) in [7, 11) is 0. The molecule has 22 heavy (non-hydrogen) atoms. The summed E-state index contributed by atoms with van der Waals surface area (Å²) in [4.78, 5) is 10.0. The lowest BCUT2D eigenvalue weighted by Gasteiger charge is -2.17. The molecule has 4 rings (SSSR count). The van der Waals surface area contributed by atoms with Crippen LogP contribution >= 0.6 is 0 Å². The fraction of sp³-hybridized carbons (Fsp3) is 0.278. The van der Waals surface area contributed by atoms with Crippen molar-refractivity contribution in [3.8, 4) is 0 Å². The number of aromatic nitrogens is 2. The summed E-state index contributed by atoms with van der Waals surface area (Å²) in [6.45, 7) is 3.27. The highest BCUT2D eigenvalue weighted by Crippen LogP contribution is 2.23. The summed E-state index contributed by atoms with van der Waals surface area (Å²) in [6, 6.07) is 15.4. The van der Waals surface area contributed by atoms with Gasteiger partial charge in [0.05, 0.1) is 0 Å². The molecule has 4 heteroatoms. The number of hydrogen-bond acceptors (Lipinski definition) is 3. The third kappa shape index (κ3) is 2.70. The number of nitrogens with zero attached hydrogens (tertiary/aromatic N) is 2. The van der Waals surface area contributed by atoms with Gasteiger partial charge in [0, 0.05) is 49.1 Å². The summed E-state index contributed by atoms with van der Waals surface area (Å²) < 4.78 is 0. The van der Waals surface area contributed by atoms with Gasteiger partial charge < -0.3 is 10.3 Å². The van der Waals surface area contributed by atoms with Crippen LogP contribution in [-0.2, 0) is 6.54 Å². The second-order valence-corrected chi connectivity index (χ2v) is 5.95. The number of rotatable bonds is 4. The molecule has 1 atom stereocenters. The molecule has 1 aliphatic heterocycles. The molecule has 1 unspecified atom stereocenters. The molecule has 0 spiro atoms. The average molecular weight is 292 g/mol. The number of likely N-dealkylation sites (tertiary alicyclic amines) is 1. The molecule has 0 saturated carbocycles. The number of nitrogens with one attached hydrogen (secondary N) is 2. The molecule has 1 fully saturated rings. The SMILES string of the molecule is c1ccc(CN2CCC(Nc3ccnc4[nH]ccc34)C2)cc1. The number of aromatic amines is 1. The molecule has 0 radical (unpaired) electrons. The number of anilines is 1. The highest BCUT2D eigenvalue weighted by atomic mass is 15.2. The van der Waals surface area contributed by atoms with E-state index in [4.69, 9.17) is 0 Å². The Balaban J connectivity index is 1.42. The van der Waals surface area contributed by atoms with Crippen molar-refractivity contribution >= 4 is 16.7 Å². The first-order valence-electron chi connectivity index (χ1n) is 7.83. The van der Waals surface area contributed by atoms with Gasteiger partial charge in [0.15, 0.2) is 0 Å². The lowest BCUT2D eigenvalue weighted by Crippen LogP contribution is -2.26. The van der Waals surface area contributed by atoms with Gasteiger partial charge in [-0.15, -0.1) is 0 Å². The van der Waals surface area contributed by atoms with Gasteiger partial charge in [-0.3, -0.25) is 4.90 Å². The molecule has 112 valence electrons. The van der Waals surface area contributed by atoms with Crippen LogP contribution in [0.5, 0.6) is 0 Å². The van der Waals surface area contributed by atoms with Crippen molar-refractivity contribution < 1.29 is 0 Å². The Morgan fingerprint density at radius 1 is 1.18 bits per heavy atom. The molecule has 2 N–H and O–H groups in total. The van der Waals surface area contributed by atoms with Crippen LogP contribution in [0.3, 0.4) is 0 Å². The molecule has 1 aromatic carbocycles. The molecule has 3 aromatic rings. The molecule has 1 saturated heterocycles. The number of benzene rings is 1. The van der Waals surface area contributed by atoms with Crippen LogP contribution in [0, 0.1) is 0 Å². The minimum atomic E-state index is 0.504. The maximum absolute atomic E-state index is 4.34. The molecule has 4 nitrogen and oxygen atoms in total. The van der Waals surface area contributed by atoms with E-state index in [0.29, 0.717) is 6.04 Å². The first kappa shape index (κ1) is 13.3. The van der Waals surface area contributed by atoms with Gasteiger partial charge in [-0.1, -0.05) is 30.3 Å².